The van der Waals surface area contributed by atoms with Gasteiger partial charge in [-0.15, -0.1) is 0 Å². The van der Waals surface area contributed by atoms with Gasteiger partial charge in [0.1, 0.15) is 11.5 Å². The van der Waals surface area contributed by atoms with Gasteiger partial charge in [-0.3, -0.25) is 9.80 Å². The zero-order valence-corrected chi connectivity index (χ0v) is 16.9. The fraction of sp³-hybridized carbons (Fsp3) is 0.500. The fourth-order valence-electron chi connectivity index (χ4n) is 6.00. The van der Waals surface area contributed by atoms with E-state index in [9.17, 15) is 0 Å². The summed E-state index contributed by atoms with van der Waals surface area (Å²) in [6.07, 6.45) is 2.67. The molecule has 0 aromatic heterocycles. The van der Waals surface area contributed by atoms with Crippen molar-refractivity contribution >= 4 is 0 Å². The molecule has 4 fully saturated rings. The third-order valence-corrected chi connectivity index (χ3v) is 7.21. The lowest BCUT2D eigenvalue weighted by Crippen LogP contribution is -2.59. The lowest BCUT2D eigenvalue weighted by Gasteiger charge is -2.51. The number of rotatable bonds is 5. The second-order valence-corrected chi connectivity index (χ2v) is 8.44. The summed E-state index contributed by atoms with van der Waals surface area (Å²) in [6, 6.07) is 18.5. The summed E-state index contributed by atoms with van der Waals surface area (Å²) in [5.74, 6) is 3.25. The van der Waals surface area contributed by atoms with Gasteiger partial charge in [0.2, 0.25) is 0 Å². The summed E-state index contributed by atoms with van der Waals surface area (Å²) >= 11 is 0. The Morgan fingerprint density at radius 3 is 2.18 bits per heavy atom. The first-order valence-electron chi connectivity index (χ1n) is 10.5. The molecule has 4 nitrogen and oxygen atoms in total. The molecule has 4 aliphatic rings. The minimum Gasteiger partial charge on any atom is -0.496 e. The van der Waals surface area contributed by atoms with Crippen molar-refractivity contribution < 1.29 is 9.47 Å². The predicted octanol–water partition coefficient (Wildman–Crippen LogP) is 3.77. The molecule has 28 heavy (non-hydrogen) atoms. The Kier molecular flexibility index (Phi) is 4.77. The molecule has 4 saturated heterocycles. The largest absolute Gasteiger partial charge is 0.496 e. The Hall–Kier alpha value is -2.04. The van der Waals surface area contributed by atoms with Gasteiger partial charge in [0.05, 0.1) is 19.8 Å². The van der Waals surface area contributed by atoms with E-state index < -0.39 is 0 Å². The monoisotopic (exact) mass is 378 g/mol. The maximum Gasteiger partial charge on any atom is 0.127 e. The van der Waals surface area contributed by atoms with Crippen LogP contribution in [0.15, 0.2) is 48.5 Å². The first-order valence-corrected chi connectivity index (χ1v) is 10.5. The topological polar surface area (TPSA) is 24.9 Å². The van der Waals surface area contributed by atoms with Gasteiger partial charge in [0.25, 0.3) is 0 Å². The fourth-order valence-corrected chi connectivity index (χ4v) is 6.00. The Morgan fingerprint density at radius 1 is 0.857 bits per heavy atom. The molecule has 0 saturated carbocycles. The highest BCUT2D eigenvalue weighted by Crippen LogP contribution is 2.47. The van der Waals surface area contributed by atoms with Crippen LogP contribution in [-0.4, -0.2) is 55.7 Å². The maximum atomic E-state index is 5.69. The number of piperidine rings is 3. The third-order valence-electron chi connectivity index (χ3n) is 7.21. The SMILES string of the molecule is COc1cccc(OC)c1CN1C[C@H](c2ccccc2)[C@H]2[C@@H]1C1CCN2CC1. The molecule has 2 aromatic carbocycles. The van der Waals surface area contributed by atoms with Gasteiger partial charge in [0.15, 0.2) is 0 Å². The number of benzene rings is 2. The lowest BCUT2D eigenvalue weighted by molar-refractivity contribution is -0.00898. The van der Waals surface area contributed by atoms with Crippen LogP contribution in [0.3, 0.4) is 0 Å². The highest BCUT2D eigenvalue weighted by molar-refractivity contribution is 5.45. The van der Waals surface area contributed by atoms with Gasteiger partial charge in [0, 0.05) is 31.1 Å². The maximum absolute atomic E-state index is 5.69. The van der Waals surface area contributed by atoms with Crippen LogP contribution >= 0.6 is 0 Å². The van der Waals surface area contributed by atoms with Gasteiger partial charge in [-0.1, -0.05) is 36.4 Å². The van der Waals surface area contributed by atoms with Crippen molar-refractivity contribution in [2.45, 2.75) is 37.4 Å². The molecule has 2 bridgehead atoms. The molecule has 0 radical (unpaired) electrons. The Morgan fingerprint density at radius 2 is 1.54 bits per heavy atom. The Bertz CT molecular complexity index is 794. The number of nitrogens with zero attached hydrogens (tertiary/aromatic N) is 2. The number of likely N-dealkylation sites (tertiary alicyclic amines) is 1. The summed E-state index contributed by atoms with van der Waals surface area (Å²) in [5, 5.41) is 0. The summed E-state index contributed by atoms with van der Waals surface area (Å²) in [6.45, 7) is 4.53. The number of fused-ring (bicyclic) bond motifs is 2. The molecule has 3 atom stereocenters. The predicted molar refractivity (Wildman–Crippen MR) is 111 cm³/mol. The molecule has 148 valence electrons. The average molecular weight is 379 g/mol. The summed E-state index contributed by atoms with van der Waals surface area (Å²) in [4.78, 5) is 5.49. The molecule has 0 aliphatic carbocycles. The van der Waals surface area contributed by atoms with E-state index in [1.165, 1.54) is 37.1 Å². The highest BCUT2D eigenvalue weighted by atomic mass is 16.5. The molecule has 0 spiro atoms. The van der Waals surface area contributed by atoms with E-state index in [0.29, 0.717) is 18.0 Å². The highest BCUT2D eigenvalue weighted by Gasteiger charge is 2.53. The normalized spacial score (nSPS) is 31.6. The van der Waals surface area contributed by atoms with Crippen LogP contribution in [-0.2, 0) is 6.54 Å². The number of hydrogen-bond acceptors (Lipinski definition) is 4. The van der Waals surface area contributed by atoms with Crippen molar-refractivity contribution in [3.63, 3.8) is 0 Å². The van der Waals surface area contributed by atoms with Crippen molar-refractivity contribution in [1.29, 1.82) is 0 Å². The molecule has 4 heterocycles. The zero-order valence-electron chi connectivity index (χ0n) is 16.9. The van der Waals surface area contributed by atoms with Crippen molar-refractivity contribution in [2.24, 2.45) is 5.92 Å². The molecule has 0 N–H and O–H groups in total. The summed E-state index contributed by atoms with van der Waals surface area (Å²) in [7, 11) is 3.51. The molecule has 2 aromatic rings. The second kappa shape index (κ2) is 7.41. The zero-order chi connectivity index (χ0) is 19.1. The van der Waals surface area contributed by atoms with Gasteiger partial charge in [-0.2, -0.15) is 0 Å². The molecular formula is C24H30N2O2. The van der Waals surface area contributed by atoms with Gasteiger partial charge in [-0.05, 0) is 49.5 Å². The molecular weight excluding hydrogens is 348 g/mol. The van der Waals surface area contributed by atoms with Gasteiger partial charge >= 0.3 is 0 Å². The van der Waals surface area contributed by atoms with E-state index >= 15 is 0 Å². The minimum absolute atomic E-state index is 0.579. The van der Waals surface area contributed by atoms with E-state index in [1.807, 2.05) is 6.07 Å². The van der Waals surface area contributed by atoms with Crippen molar-refractivity contribution in [2.75, 3.05) is 33.9 Å². The number of ether oxygens (including phenoxy) is 2. The van der Waals surface area contributed by atoms with E-state index in [2.05, 4.69) is 52.3 Å². The van der Waals surface area contributed by atoms with Crippen molar-refractivity contribution in [3.8, 4) is 11.5 Å². The first-order chi connectivity index (χ1) is 13.8. The standard InChI is InChI=1S/C24H30N2O2/c1-27-21-9-6-10-22(28-2)20(21)16-26-15-19(17-7-4-3-5-8-17)24-23(26)18-11-13-25(24)14-12-18/h3-10,18-19,23-24H,11-16H2,1-2H3/t19-,23+,24+/m1/s1. The third kappa shape index (κ3) is 2.90. The van der Waals surface area contributed by atoms with Crippen LogP contribution in [0.2, 0.25) is 0 Å². The molecule has 4 aliphatic heterocycles. The van der Waals surface area contributed by atoms with Gasteiger partial charge < -0.3 is 9.47 Å². The van der Waals surface area contributed by atoms with Crippen LogP contribution in [0.4, 0.5) is 0 Å². The smallest absolute Gasteiger partial charge is 0.127 e. The van der Waals surface area contributed by atoms with Crippen molar-refractivity contribution in [1.82, 2.24) is 9.80 Å². The summed E-state index contributed by atoms with van der Waals surface area (Å²) < 4.78 is 11.4. The van der Waals surface area contributed by atoms with E-state index in [0.717, 1.165) is 30.5 Å². The lowest BCUT2D eigenvalue weighted by atomic mass is 9.75. The summed E-state index contributed by atoms with van der Waals surface area (Å²) in [5.41, 5.74) is 2.66. The van der Waals surface area contributed by atoms with Crippen LogP contribution < -0.4 is 9.47 Å². The van der Waals surface area contributed by atoms with E-state index in [-0.39, 0.29) is 0 Å². The molecule has 4 heteroatoms. The van der Waals surface area contributed by atoms with Crippen molar-refractivity contribution in [3.05, 3.63) is 59.7 Å². The van der Waals surface area contributed by atoms with Crippen LogP contribution in [0.1, 0.15) is 29.9 Å². The van der Waals surface area contributed by atoms with E-state index in [4.69, 9.17) is 9.47 Å². The van der Waals surface area contributed by atoms with E-state index in [1.54, 1.807) is 14.2 Å². The molecule has 0 unspecified atom stereocenters. The quantitative estimate of drug-likeness (QED) is 0.791. The minimum atomic E-state index is 0.579. The van der Waals surface area contributed by atoms with Crippen LogP contribution in [0, 0.1) is 5.92 Å². The number of hydrogen-bond donors (Lipinski definition) is 0. The average Bonchev–Trinajstić information content (AvgIpc) is 3.17. The van der Waals surface area contributed by atoms with Crippen LogP contribution in [0.5, 0.6) is 11.5 Å². The molecule has 0 amide bonds. The number of methoxy groups -OCH3 is 2. The second-order valence-electron chi connectivity index (χ2n) is 8.44. The Balaban J connectivity index is 1.50. The Labute approximate surface area is 168 Å². The first kappa shape index (κ1) is 18.0. The van der Waals surface area contributed by atoms with Gasteiger partial charge in [-0.25, -0.2) is 0 Å². The molecule has 6 rings (SSSR count). The van der Waals surface area contributed by atoms with Crippen LogP contribution in [0.25, 0.3) is 0 Å².